The molecule has 3 aromatic carbocycles. The van der Waals surface area contributed by atoms with E-state index in [4.69, 9.17) is 0 Å². The molecule has 66 heavy (non-hydrogen) atoms. The van der Waals surface area contributed by atoms with E-state index >= 15 is 0 Å². The summed E-state index contributed by atoms with van der Waals surface area (Å²) in [5.74, 6) is 0. The standard InChI is InChI=1S/C39H3F18N9/c40-34(41,42)28-13(4-58)1-14(5-59)29(35(43,44)45)25(28)19(10-64)22-23(20(11-65)26-30(36(46,47)48)15(6-60)2-16(7-61)31(26)37(49,50)51)24(22)21(12-66)27-32(38(52,53)54)17(8-62)3-18(9-63)33(27)39(55,56)57/h1-3H. The highest BCUT2D eigenvalue weighted by atomic mass is 19.4. The second kappa shape index (κ2) is 16.3. The van der Waals surface area contributed by atoms with Gasteiger partial charge in [-0.25, -0.2) is 0 Å². The number of rotatable bonds is 3. The SMILES string of the molecule is N#CC(=C1C(=C(C#N)c2c(C(F)(F)F)c(C#N)cc(C#N)c2C(F)(F)F)C1=C(C#N)c1c(C(F)(F)F)c(C#N)cc(C#N)c1C(F)(F)F)c1c(C(F)(F)F)c(C#N)cc(C#N)c1C(F)(F)F. The van der Waals surface area contributed by atoms with Crippen molar-refractivity contribution in [3.8, 4) is 54.6 Å². The van der Waals surface area contributed by atoms with Gasteiger partial charge in [0.1, 0.15) is 18.2 Å². The molecule has 0 aromatic heterocycles. The fourth-order valence-electron chi connectivity index (χ4n) is 6.74. The Morgan fingerprint density at radius 2 is 0.409 bits per heavy atom. The van der Waals surface area contributed by atoms with Gasteiger partial charge in [0.25, 0.3) is 0 Å². The second-order valence-corrected chi connectivity index (χ2v) is 12.5. The van der Waals surface area contributed by atoms with Crippen molar-refractivity contribution in [3.05, 3.63) is 118 Å². The Morgan fingerprint density at radius 1 is 0.273 bits per heavy atom. The molecule has 1 aliphatic rings. The minimum atomic E-state index is -6.39. The largest absolute Gasteiger partial charge is 0.418 e. The molecule has 0 atom stereocenters. The van der Waals surface area contributed by atoms with E-state index in [9.17, 15) is 126 Å². The summed E-state index contributed by atoms with van der Waals surface area (Å²) in [6.45, 7) is 0. The number of hydrogen-bond acceptors (Lipinski definition) is 9. The number of halogens is 18. The predicted octanol–water partition coefficient (Wildman–Crippen LogP) is 11.3. The van der Waals surface area contributed by atoms with Crippen LogP contribution in [0.25, 0.3) is 16.7 Å². The third-order valence-electron chi connectivity index (χ3n) is 8.93. The van der Waals surface area contributed by atoms with Gasteiger partial charge in [0.15, 0.2) is 0 Å². The summed E-state index contributed by atoms with van der Waals surface area (Å²) < 4.78 is 267. The lowest BCUT2D eigenvalue weighted by Crippen LogP contribution is -2.20. The summed E-state index contributed by atoms with van der Waals surface area (Å²) in [6.07, 6.45) is -38.3. The fraction of sp³-hybridized carbons (Fsp3) is 0.154. The highest BCUT2D eigenvalue weighted by molar-refractivity contribution is 6.14. The van der Waals surface area contributed by atoms with Crippen molar-refractivity contribution in [1.82, 2.24) is 0 Å². The van der Waals surface area contributed by atoms with Gasteiger partial charge in [0.05, 0.1) is 120 Å². The highest BCUT2D eigenvalue weighted by Gasteiger charge is 2.54. The maximum absolute atomic E-state index is 14.8. The van der Waals surface area contributed by atoms with Crippen LogP contribution in [0.4, 0.5) is 79.0 Å². The number of nitriles is 9. The van der Waals surface area contributed by atoms with Crippen LogP contribution in [0.3, 0.4) is 0 Å². The predicted molar refractivity (Wildman–Crippen MR) is 175 cm³/mol. The molecule has 0 bridgehead atoms. The molecule has 1 fully saturated rings. The maximum Gasteiger partial charge on any atom is 0.418 e. The fourth-order valence-corrected chi connectivity index (χ4v) is 6.74. The van der Waals surface area contributed by atoms with Crippen LogP contribution in [-0.2, 0) is 37.1 Å². The van der Waals surface area contributed by atoms with Gasteiger partial charge in [-0.3, -0.25) is 0 Å². The number of hydrogen-bond donors (Lipinski definition) is 0. The molecule has 1 aliphatic carbocycles. The molecular formula is C39H3F18N9. The minimum Gasteiger partial charge on any atom is -0.192 e. The number of benzene rings is 3. The smallest absolute Gasteiger partial charge is 0.192 e. The van der Waals surface area contributed by atoms with Crippen LogP contribution in [-0.4, -0.2) is 0 Å². The van der Waals surface area contributed by atoms with Gasteiger partial charge >= 0.3 is 37.1 Å². The molecule has 1 saturated carbocycles. The van der Waals surface area contributed by atoms with Crippen LogP contribution in [0.15, 0.2) is 34.9 Å². The van der Waals surface area contributed by atoms with Crippen molar-refractivity contribution in [2.24, 2.45) is 0 Å². The molecule has 0 amide bonds. The van der Waals surface area contributed by atoms with E-state index in [1.165, 1.54) is 0 Å². The highest BCUT2D eigenvalue weighted by Crippen LogP contribution is 2.61. The van der Waals surface area contributed by atoms with Crippen molar-refractivity contribution in [2.45, 2.75) is 37.1 Å². The first-order valence-corrected chi connectivity index (χ1v) is 16.1. The molecule has 0 aliphatic heterocycles. The van der Waals surface area contributed by atoms with E-state index < -0.39 is 154 Å². The van der Waals surface area contributed by atoms with Crippen molar-refractivity contribution < 1.29 is 79.0 Å². The molecule has 0 saturated heterocycles. The zero-order valence-corrected chi connectivity index (χ0v) is 30.6. The van der Waals surface area contributed by atoms with Crippen molar-refractivity contribution >= 4 is 16.7 Å². The third-order valence-corrected chi connectivity index (χ3v) is 8.93. The van der Waals surface area contributed by atoms with Crippen LogP contribution >= 0.6 is 0 Å². The molecule has 4 rings (SSSR count). The summed E-state index contributed by atoms with van der Waals surface area (Å²) in [7, 11) is 0. The molecule has 27 heteroatoms. The Balaban J connectivity index is 2.78. The number of nitrogens with zero attached hydrogens (tertiary/aromatic N) is 9. The van der Waals surface area contributed by atoms with Crippen LogP contribution in [0.5, 0.6) is 0 Å². The Hall–Kier alpha value is -8.97. The van der Waals surface area contributed by atoms with Crippen molar-refractivity contribution in [2.75, 3.05) is 0 Å². The Kier molecular flexibility index (Phi) is 12.3. The summed E-state index contributed by atoms with van der Waals surface area (Å²) in [6, 6.07) is 4.77. The topological polar surface area (TPSA) is 214 Å². The second-order valence-electron chi connectivity index (χ2n) is 12.5. The maximum atomic E-state index is 14.8. The van der Waals surface area contributed by atoms with Gasteiger partial charge < -0.3 is 0 Å². The van der Waals surface area contributed by atoms with E-state index in [-0.39, 0.29) is 18.2 Å². The molecular weight excluding hydrogens is 936 g/mol. The zero-order valence-electron chi connectivity index (χ0n) is 30.6. The first-order chi connectivity index (χ1) is 30.2. The normalized spacial score (nSPS) is 12.8. The monoisotopic (exact) mass is 939 g/mol. The summed E-state index contributed by atoms with van der Waals surface area (Å²) in [5.41, 5.74) is -52.7. The number of allylic oxidation sites excluding steroid dienone is 6. The van der Waals surface area contributed by atoms with Crippen LogP contribution < -0.4 is 0 Å². The first-order valence-electron chi connectivity index (χ1n) is 16.1. The third kappa shape index (κ3) is 8.31. The first kappa shape index (κ1) is 49.7. The molecule has 0 N–H and O–H groups in total. The molecule has 0 spiro atoms. The molecule has 3 aromatic rings. The number of alkyl halides is 18. The average Bonchev–Trinajstić information content (AvgIpc) is 3.90. The summed E-state index contributed by atoms with van der Waals surface area (Å²) in [5, 5.41) is 88.2. The van der Waals surface area contributed by atoms with E-state index in [0.29, 0.717) is 54.6 Å². The van der Waals surface area contributed by atoms with Gasteiger partial charge in [0.2, 0.25) is 0 Å². The quantitative estimate of drug-likeness (QED) is 0.180. The summed E-state index contributed by atoms with van der Waals surface area (Å²) in [4.78, 5) is 0. The molecule has 0 heterocycles. The average molecular weight is 939 g/mol. The Labute approximate surface area is 353 Å². The Bertz CT molecular complexity index is 2690. The molecule has 0 radical (unpaired) electrons. The van der Waals surface area contributed by atoms with E-state index in [1.54, 1.807) is 0 Å². The van der Waals surface area contributed by atoms with Gasteiger partial charge in [-0.1, -0.05) is 0 Å². The Morgan fingerprint density at radius 3 is 0.500 bits per heavy atom. The lowest BCUT2D eigenvalue weighted by molar-refractivity contribution is -0.145. The molecule has 9 nitrogen and oxygen atoms in total. The van der Waals surface area contributed by atoms with Crippen LogP contribution in [0, 0.1) is 102 Å². The summed E-state index contributed by atoms with van der Waals surface area (Å²) >= 11 is 0. The molecule has 330 valence electrons. The van der Waals surface area contributed by atoms with E-state index in [0.717, 1.165) is 0 Å². The lowest BCUT2D eigenvalue weighted by atomic mass is 9.85. The lowest BCUT2D eigenvalue weighted by Gasteiger charge is -2.21. The van der Waals surface area contributed by atoms with Crippen LogP contribution in [0.2, 0.25) is 0 Å². The molecule has 0 unspecified atom stereocenters. The van der Waals surface area contributed by atoms with Gasteiger partial charge in [-0.15, -0.1) is 0 Å². The van der Waals surface area contributed by atoms with Crippen LogP contribution in [0.1, 0.15) is 83.5 Å². The van der Waals surface area contributed by atoms with Gasteiger partial charge in [-0.05, 0) is 18.2 Å². The van der Waals surface area contributed by atoms with E-state index in [1.807, 2.05) is 0 Å². The van der Waals surface area contributed by atoms with Gasteiger partial charge in [0, 0.05) is 33.4 Å². The minimum absolute atomic E-state index is 0.388. The van der Waals surface area contributed by atoms with Crippen molar-refractivity contribution in [1.29, 1.82) is 47.4 Å². The van der Waals surface area contributed by atoms with Crippen molar-refractivity contribution in [3.63, 3.8) is 0 Å². The zero-order chi connectivity index (χ0) is 50.6. The van der Waals surface area contributed by atoms with E-state index in [2.05, 4.69) is 0 Å². The van der Waals surface area contributed by atoms with Gasteiger partial charge in [-0.2, -0.15) is 126 Å².